The van der Waals surface area contributed by atoms with Crippen LogP contribution in [0, 0.1) is 5.41 Å². The fraction of sp³-hybridized carbons (Fsp3) is 0.765. The van der Waals surface area contributed by atoms with Crippen molar-refractivity contribution in [3.8, 4) is 0 Å². The summed E-state index contributed by atoms with van der Waals surface area (Å²) in [5, 5.41) is 0.453. The number of rotatable bonds is 0. The standard InChI is InChI=1S/C17H31NP2/c1-15(2,3)17(20)10-13-7-9-18(5)11-14(13)6-8-16(4,19)12-17/h6,8H,7,9-12,19-20H2,1-5H3/b8-6-. The van der Waals surface area contributed by atoms with Gasteiger partial charge in [-0.1, -0.05) is 45.4 Å². The van der Waals surface area contributed by atoms with Gasteiger partial charge in [0.15, 0.2) is 0 Å². The Kier molecular flexibility index (Phi) is 4.58. The van der Waals surface area contributed by atoms with Crippen LogP contribution in [0.1, 0.15) is 47.0 Å². The number of allylic oxidation sites excluding steroid dienone is 1. The third kappa shape index (κ3) is 3.55. The van der Waals surface area contributed by atoms with Crippen LogP contribution in [0.15, 0.2) is 23.3 Å². The minimum absolute atomic E-state index is 0.184. The fourth-order valence-electron chi connectivity index (χ4n) is 3.34. The summed E-state index contributed by atoms with van der Waals surface area (Å²) in [6.07, 6.45) is 8.46. The molecule has 1 aliphatic heterocycles. The third-order valence-electron chi connectivity index (χ3n) is 5.07. The summed E-state index contributed by atoms with van der Waals surface area (Å²) >= 11 is 0. The van der Waals surface area contributed by atoms with E-state index in [4.69, 9.17) is 0 Å². The van der Waals surface area contributed by atoms with Crippen LogP contribution < -0.4 is 0 Å². The van der Waals surface area contributed by atoms with Crippen LogP contribution in [-0.2, 0) is 0 Å². The van der Waals surface area contributed by atoms with Crippen molar-refractivity contribution in [2.24, 2.45) is 5.41 Å². The van der Waals surface area contributed by atoms with Crippen LogP contribution in [0.3, 0.4) is 0 Å². The quantitative estimate of drug-likeness (QED) is 0.604. The second-order valence-corrected chi connectivity index (χ2v) is 10.6. The van der Waals surface area contributed by atoms with Crippen molar-refractivity contribution in [3.05, 3.63) is 23.3 Å². The molecule has 4 unspecified atom stereocenters. The van der Waals surface area contributed by atoms with Crippen LogP contribution in [0.4, 0.5) is 0 Å². The Balaban J connectivity index is 2.44. The molecule has 4 atom stereocenters. The first-order chi connectivity index (χ1) is 9.02. The zero-order valence-corrected chi connectivity index (χ0v) is 16.1. The highest BCUT2D eigenvalue weighted by Crippen LogP contribution is 2.52. The minimum Gasteiger partial charge on any atom is -0.302 e. The summed E-state index contributed by atoms with van der Waals surface area (Å²) in [6, 6.07) is 0. The lowest BCUT2D eigenvalue weighted by Gasteiger charge is -2.48. The summed E-state index contributed by atoms with van der Waals surface area (Å²) < 4.78 is 0. The maximum Gasteiger partial charge on any atom is 0.0230 e. The molecule has 114 valence electrons. The lowest BCUT2D eigenvalue weighted by Crippen LogP contribution is -2.43. The zero-order valence-electron chi connectivity index (χ0n) is 13.8. The van der Waals surface area contributed by atoms with E-state index < -0.39 is 0 Å². The first-order valence-corrected chi connectivity index (χ1v) is 8.84. The Morgan fingerprint density at radius 1 is 1.25 bits per heavy atom. The SMILES string of the molecule is CN1CCC2=C(/C=C\C(C)(P)CC(P)(C(C)(C)C)C2)C1. The first kappa shape index (κ1) is 16.7. The van der Waals surface area contributed by atoms with Crippen molar-refractivity contribution in [2.75, 3.05) is 20.1 Å². The van der Waals surface area contributed by atoms with E-state index in [0.717, 1.165) is 6.54 Å². The topological polar surface area (TPSA) is 3.24 Å². The molecule has 1 aliphatic carbocycles. The summed E-state index contributed by atoms with van der Waals surface area (Å²) in [5.74, 6) is 0. The zero-order chi connectivity index (χ0) is 15.2. The second kappa shape index (κ2) is 5.49. The Morgan fingerprint density at radius 2 is 1.90 bits per heavy atom. The molecule has 1 heterocycles. The molecule has 0 saturated heterocycles. The van der Waals surface area contributed by atoms with Crippen LogP contribution in [0.25, 0.3) is 0 Å². The van der Waals surface area contributed by atoms with Gasteiger partial charge in [-0.25, -0.2) is 0 Å². The molecule has 0 bridgehead atoms. The highest BCUT2D eigenvalue weighted by atomic mass is 31.0. The third-order valence-corrected chi connectivity index (χ3v) is 6.74. The van der Waals surface area contributed by atoms with Crippen LogP contribution in [0.5, 0.6) is 0 Å². The average Bonchev–Trinajstić information content (AvgIpc) is 2.26. The maximum atomic E-state index is 3.24. The minimum atomic E-state index is 0.184. The van der Waals surface area contributed by atoms with E-state index in [9.17, 15) is 0 Å². The van der Waals surface area contributed by atoms with Gasteiger partial charge in [-0.15, -0.1) is 18.5 Å². The Bertz CT molecular complexity index is 442. The average molecular weight is 311 g/mol. The smallest absolute Gasteiger partial charge is 0.0230 e. The largest absolute Gasteiger partial charge is 0.302 e. The molecule has 0 N–H and O–H groups in total. The van der Waals surface area contributed by atoms with Gasteiger partial charge in [0, 0.05) is 18.2 Å². The Hall–Kier alpha value is 0.300. The molecule has 0 aromatic rings. The lowest BCUT2D eigenvalue weighted by molar-refractivity contribution is 0.244. The summed E-state index contributed by atoms with van der Waals surface area (Å²) in [5.41, 5.74) is 3.54. The molecule has 0 saturated carbocycles. The number of hydrogen-bond acceptors (Lipinski definition) is 1. The summed E-state index contributed by atoms with van der Waals surface area (Å²) in [4.78, 5) is 2.44. The van der Waals surface area contributed by atoms with E-state index in [1.165, 1.54) is 25.8 Å². The van der Waals surface area contributed by atoms with Gasteiger partial charge < -0.3 is 4.90 Å². The fourth-order valence-corrected chi connectivity index (χ4v) is 4.73. The molecule has 2 aliphatic rings. The number of hydrogen-bond donors (Lipinski definition) is 0. The maximum absolute atomic E-state index is 3.24. The molecule has 2 rings (SSSR count). The van der Waals surface area contributed by atoms with Gasteiger partial charge in [0.2, 0.25) is 0 Å². The van der Waals surface area contributed by atoms with Crippen molar-refractivity contribution in [1.29, 1.82) is 0 Å². The summed E-state index contributed by atoms with van der Waals surface area (Å²) in [6.45, 7) is 11.8. The molecule has 0 amide bonds. The predicted octanol–water partition coefficient (Wildman–Crippen LogP) is 4.26. The Labute approximate surface area is 130 Å². The van der Waals surface area contributed by atoms with Crippen molar-refractivity contribution >= 4 is 18.5 Å². The van der Waals surface area contributed by atoms with Gasteiger partial charge in [-0.3, -0.25) is 0 Å². The lowest BCUT2D eigenvalue weighted by atomic mass is 9.69. The normalized spacial score (nSPS) is 38.1. The molecule has 0 radical (unpaired) electrons. The van der Waals surface area contributed by atoms with Crippen molar-refractivity contribution in [1.82, 2.24) is 4.90 Å². The van der Waals surface area contributed by atoms with Crippen molar-refractivity contribution < 1.29 is 0 Å². The van der Waals surface area contributed by atoms with Crippen LogP contribution in [0.2, 0.25) is 0 Å². The second-order valence-electron chi connectivity index (χ2n) is 8.22. The van der Waals surface area contributed by atoms with Gasteiger partial charge in [-0.2, -0.15) is 0 Å². The van der Waals surface area contributed by atoms with Crippen molar-refractivity contribution in [3.63, 3.8) is 0 Å². The predicted molar refractivity (Wildman–Crippen MR) is 97.5 cm³/mol. The van der Waals surface area contributed by atoms with E-state index >= 15 is 0 Å². The van der Waals surface area contributed by atoms with E-state index in [-0.39, 0.29) is 10.3 Å². The molecular weight excluding hydrogens is 280 g/mol. The molecule has 3 heteroatoms. The van der Waals surface area contributed by atoms with E-state index in [1.54, 1.807) is 11.1 Å². The number of nitrogens with zero attached hydrogens (tertiary/aromatic N) is 1. The van der Waals surface area contributed by atoms with E-state index in [0.29, 0.717) is 5.41 Å². The monoisotopic (exact) mass is 311 g/mol. The van der Waals surface area contributed by atoms with Gasteiger partial charge in [0.05, 0.1) is 0 Å². The van der Waals surface area contributed by atoms with Gasteiger partial charge in [0.1, 0.15) is 0 Å². The van der Waals surface area contributed by atoms with E-state index in [2.05, 4.69) is 70.3 Å². The van der Waals surface area contributed by atoms with E-state index in [1.807, 2.05) is 0 Å². The molecule has 20 heavy (non-hydrogen) atoms. The molecular formula is C17H31NP2. The van der Waals surface area contributed by atoms with Gasteiger partial charge >= 0.3 is 0 Å². The molecule has 1 nitrogen and oxygen atoms in total. The molecule has 0 fully saturated rings. The summed E-state index contributed by atoms with van der Waals surface area (Å²) in [7, 11) is 8.54. The van der Waals surface area contributed by atoms with Crippen molar-refractivity contribution in [2.45, 2.75) is 57.3 Å². The first-order valence-electron chi connectivity index (χ1n) is 7.69. The van der Waals surface area contributed by atoms with Crippen LogP contribution >= 0.6 is 18.5 Å². The highest BCUT2D eigenvalue weighted by molar-refractivity contribution is 7.20. The number of likely N-dealkylation sites (N-methyl/N-ethyl adjacent to an activating group) is 1. The van der Waals surface area contributed by atoms with Gasteiger partial charge in [0.25, 0.3) is 0 Å². The molecule has 0 aromatic carbocycles. The Morgan fingerprint density at radius 3 is 2.50 bits per heavy atom. The molecule has 0 spiro atoms. The highest BCUT2D eigenvalue weighted by Gasteiger charge is 2.43. The van der Waals surface area contributed by atoms with Crippen LogP contribution in [-0.4, -0.2) is 35.3 Å². The van der Waals surface area contributed by atoms with Gasteiger partial charge in [-0.05, 0) is 42.5 Å². The molecule has 0 aromatic heterocycles.